The lowest BCUT2D eigenvalue weighted by atomic mass is 9.98. The molecule has 0 aliphatic carbocycles. The lowest BCUT2D eigenvalue weighted by Crippen LogP contribution is -1.97. The molecule has 0 aliphatic heterocycles. The van der Waals surface area contributed by atoms with E-state index < -0.39 is 0 Å². The number of rotatable bonds is 7. The van der Waals surface area contributed by atoms with Crippen LogP contribution in [-0.2, 0) is 12.8 Å². The molecule has 1 heterocycles. The molecule has 0 N–H and O–H groups in total. The third kappa shape index (κ3) is 4.48. The summed E-state index contributed by atoms with van der Waals surface area (Å²) in [6.07, 6.45) is 3.89. The van der Waals surface area contributed by atoms with Gasteiger partial charge in [-0.1, -0.05) is 43.3 Å². The van der Waals surface area contributed by atoms with Crippen molar-refractivity contribution in [1.82, 2.24) is 4.98 Å². The van der Waals surface area contributed by atoms with Crippen LogP contribution >= 0.6 is 0 Å². The summed E-state index contributed by atoms with van der Waals surface area (Å²) in [5, 5.41) is 1.43. The van der Waals surface area contributed by atoms with Gasteiger partial charge in [0.1, 0.15) is 17.4 Å². The van der Waals surface area contributed by atoms with Crippen molar-refractivity contribution in [1.29, 1.82) is 0 Å². The van der Waals surface area contributed by atoms with Crippen LogP contribution in [-0.4, -0.2) is 11.6 Å². The van der Waals surface area contributed by atoms with Crippen molar-refractivity contribution < 1.29 is 13.5 Å². The molecule has 152 valence electrons. The third-order valence-corrected chi connectivity index (χ3v) is 5.14. The minimum Gasteiger partial charge on any atom is -0.492 e. The summed E-state index contributed by atoms with van der Waals surface area (Å²) in [6.45, 7) is 2.73. The normalized spacial score (nSPS) is 11.0. The van der Waals surface area contributed by atoms with E-state index in [2.05, 4.69) is 11.9 Å². The van der Waals surface area contributed by atoms with Crippen LogP contribution in [0.1, 0.15) is 24.5 Å². The minimum absolute atomic E-state index is 0.197. The van der Waals surface area contributed by atoms with E-state index in [0.29, 0.717) is 30.4 Å². The van der Waals surface area contributed by atoms with Gasteiger partial charge in [-0.05, 0) is 66.1 Å². The molecule has 0 aliphatic rings. The van der Waals surface area contributed by atoms with Gasteiger partial charge in [-0.2, -0.15) is 0 Å². The summed E-state index contributed by atoms with van der Waals surface area (Å²) in [7, 11) is 0. The molecule has 4 heteroatoms. The molecule has 1 aromatic heterocycles. The van der Waals surface area contributed by atoms with Crippen molar-refractivity contribution in [3.63, 3.8) is 0 Å². The number of aromatic nitrogens is 1. The SMILES string of the molecule is CCCOc1ccc(-c2ccc3c(F)c(CCc4ccc(F)cc4)ccc3c2)nc1. The Labute approximate surface area is 175 Å². The van der Waals surface area contributed by atoms with Crippen LogP contribution in [0.2, 0.25) is 0 Å². The molecule has 0 saturated carbocycles. The maximum absolute atomic E-state index is 15.0. The van der Waals surface area contributed by atoms with Gasteiger partial charge in [0.2, 0.25) is 0 Å². The van der Waals surface area contributed by atoms with Gasteiger partial charge in [0.15, 0.2) is 0 Å². The van der Waals surface area contributed by atoms with Gasteiger partial charge in [-0.3, -0.25) is 4.98 Å². The Hall–Kier alpha value is -3.27. The van der Waals surface area contributed by atoms with E-state index in [4.69, 9.17) is 4.74 Å². The standard InChI is InChI=1S/C26H23F2NO/c1-2-15-30-23-12-14-25(29-17-23)21-9-13-24-20(16-21)8-7-19(26(24)28)6-3-18-4-10-22(27)11-5-18/h4-5,7-14,16-17H,2-3,6,15H2,1H3. The number of hydrogen-bond donors (Lipinski definition) is 0. The minimum atomic E-state index is -0.260. The molecule has 0 spiro atoms. The molecule has 3 aromatic carbocycles. The van der Waals surface area contributed by atoms with E-state index in [9.17, 15) is 4.39 Å². The Morgan fingerprint density at radius 3 is 2.43 bits per heavy atom. The first-order valence-corrected chi connectivity index (χ1v) is 10.2. The number of nitrogens with zero attached hydrogens (tertiary/aromatic N) is 1. The van der Waals surface area contributed by atoms with Crippen molar-refractivity contribution >= 4 is 10.8 Å². The number of pyridine rings is 1. The molecule has 4 rings (SSSR count). The number of halogens is 2. The Bertz CT molecular complexity index is 1140. The number of aryl methyl sites for hydroxylation is 2. The Balaban J connectivity index is 1.54. The molecule has 0 unspecified atom stereocenters. The Morgan fingerprint density at radius 1 is 0.867 bits per heavy atom. The zero-order valence-corrected chi connectivity index (χ0v) is 16.9. The predicted octanol–water partition coefficient (Wildman–Crippen LogP) is 6.75. The largest absolute Gasteiger partial charge is 0.492 e. The van der Waals surface area contributed by atoms with Crippen LogP contribution in [0.15, 0.2) is 72.9 Å². The average molecular weight is 403 g/mol. The van der Waals surface area contributed by atoms with Gasteiger partial charge in [-0.15, -0.1) is 0 Å². The molecule has 0 fully saturated rings. The van der Waals surface area contributed by atoms with Gasteiger partial charge in [0, 0.05) is 10.9 Å². The summed E-state index contributed by atoms with van der Waals surface area (Å²) in [5.41, 5.74) is 3.41. The van der Waals surface area contributed by atoms with E-state index in [0.717, 1.165) is 34.4 Å². The highest BCUT2D eigenvalue weighted by Gasteiger charge is 2.10. The summed E-state index contributed by atoms with van der Waals surface area (Å²) in [4.78, 5) is 4.47. The highest BCUT2D eigenvalue weighted by atomic mass is 19.1. The topological polar surface area (TPSA) is 22.1 Å². The molecule has 0 amide bonds. The fourth-order valence-corrected chi connectivity index (χ4v) is 3.48. The summed E-state index contributed by atoms with van der Waals surface area (Å²) < 4.78 is 33.7. The highest BCUT2D eigenvalue weighted by Crippen LogP contribution is 2.28. The first-order valence-electron chi connectivity index (χ1n) is 10.2. The summed E-state index contributed by atoms with van der Waals surface area (Å²) >= 11 is 0. The molecular formula is C26H23F2NO. The first kappa shape index (κ1) is 20.0. The average Bonchev–Trinajstić information content (AvgIpc) is 2.78. The quantitative estimate of drug-likeness (QED) is 0.340. The van der Waals surface area contributed by atoms with E-state index >= 15 is 4.39 Å². The van der Waals surface area contributed by atoms with Crippen LogP contribution in [0, 0.1) is 11.6 Å². The molecular weight excluding hydrogens is 380 g/mol. The summed E-state index contributed by atoms with van der Waals surface area (Å²) in [5.74, 6) is 0.291. The molecule has 2 nitrogen and oxygen atoms in total. The fraction of sp³-hybridized carbons (Fsp3) is 0.192. The van der Waals surface area contributed by atoms with E-state index in [1.165, 1.54) is 12.1 Å². The van der Waals surface area contributed by atoms with Crippen molar-refractivity contribution in [2.24, 2.45) is 0 Å². The monoisotopic (exact) mass is 403 g/mol. The van der Waals surface area contributed by atoms with Crippen molar-refractivity contribution in [3.05, 3.63) is 95.7 Å². The first-order chi connectivity index (χ1) is 14.6. The Morgan fingerprint density at radius 2 is 1.70 bits per heavy atom. The zero-order chi connectivity index (χ0) is 20.9. The number of fused-ring (bicyclic) bond motifs is 1. The lowest BCUT2D eigenvalue weighted by Gasteiger charge is -2.09. The van der Waals surface area contributed by atoms with Crippen molar-refractivity contribution in [2.45, 2.75) is 26.2 Å². The zero-order valence-electron chi connectivity index (χ0n) is 16.9. The third-order valence-electron chi connectivity index (χ3n) is 5.14. The van der Waals surface area contributed by atoms with E-state index in [-0.39, 0.29) is 11.6 Å². The lowest BCUT2D eigenvalue weighted by molar-refractivity contribution is 0.316. The maximum Gasteiger partial charge on any atom is 0.137 e. The van der Waals surface area contributed by atoms with Crippen LogP contribution < -0.4 is 4.74 Å². The molecule has 4 aromatic rings. The maximum atomic E-state index is 15.0. The fourth-order valence-electron chi connectivity index (χ4n) is 3.48. The second-order valence-corrected chi connectivity index (χ2v) is 7.33. The van der Waals surface area contributed by atoms with Crippen LogP contribution in [0.3, 0.4) is 0 Å². The van der Waals surface area contributed by atoms with Gasteiger partial charge >= 0.3 is 0 Å². The predicted molar refractivity (Wildman–Crippen MR) is 117 cm³/mol. The van der Waals surface area contributed by atoms with E-state index in [1.54, 1.807) is 18.3 Å². The Kier molecular flexibility index (Phi) is 6.03. The van der Waals surface area contributed by atoms with Gasteiger partial charge in [0.25, 0.3) is 0 Å². The molecule has 30 heavy (non-hydrogen) atoms. The van der Waals surface area contributed by atoms with Crippen LogP contribution in [0.5, 0.6) is 5.75 Å². The van der Waals surface area contributed by atoms with Gasteiger partial charge < -0.3 is 4.74 Å². The molecule has 0 saturated heterocycles. The van der Waals surface area contributed by atoms with Gasteiger partial charge in [0.05, 0.1) is 18.5 Å². The van der Waals surface area contributed by atoms with Crippen molar-refractivity contribution in [3.8, 4) is 17.0 Å². The smallest absolute Gasteiger partial charge is 0.137 e. The van der Waals surface area contributed by atoms with Crippen LogP contribution in [0.4, 0.5) is 8.78 Å². The molecule has 0 radical (unpaired) electrons. The molecule has 0 atom stereocenters. The second-order valence-electron chi connectivity index (χ2n) is 7.33. The van der Waals surface area contributed by atoms with Crippen LogP contribution in [0.25, 0.3) is 22.0 Å². The number of benzene rings is 3. The second kappa shape index (κ2) is 9.04. The van der Waals surface area contributed by atoms with E-state index in [1.807, 2.05) is 42.5 Å². The summed E-state index contributed by atoms with van der Waals surface area (Å²) in [6, 6.07) is 19.6. The van der Waals surface area contributed by atoms with Gasteiger partial charge in [-0.25, -0.2) is 8.78 Å². The number of ether oxygens (including phenoxy) is 1. The number of hydrogen-bond acceptors (Lipinski definition) is 2. The molecule has 0 bridgehead atoms. The highest BCUT2D eigenvalue weighted by molar-refractivity contribution is 5.88. The van der Waals surface area contributed by atoms with Crippen molar-refractivity contribution in [2.75, 3.05) is 6.61 Å².